The van der Waals surface area contributed by atoms with Crippen molar-refractivity contribution < 1.29 is 0 Å². The summed E-state index contributed by atoms with van der Waals surface area (Å²) in [6.45, 7) is 0. The minimum atomic E-state index is 0.925. The molecule has 2 nitrogen and oxygen atoms in total. The second-order valence-electron chi connectivity index (χ2n) is 3.35. The predicted octanol–water partition coefficient (Wildman–Crippen LogP) is 4.12. The quantitative estimate of drug-likeness (QED) is 0.674. The number of hydrogen-bond acceptors (Lipinski definition) is 3. The van der Waals surface area contributed by atoms with E-state index in [1.807, 2.05) is 42.6 Å². The zero-order valence-electron chi connectivity index (χ0n) is 8.22. The van der Waals surface area contributed by atoms with Crippen LogP contribution in [0.4, 0.5) is 0 Å². The Labute approximate surface area is 105 Å². The number of fused-ring (bicyclic) bond motifs is 1. The first-order valence-corrected chi connectivity index (χ1v) is 6.41. The molecule has 0 aliphatic carbocycles. The van der Waals surface area contributed by atoms with E-state index >= 15 is 0 Å². The lowest BCUT2D eigenvalue weighted by Gasteiger charge is -1.99. The molecule has 4 heteroatoms. The van der Waals surface area contributed by atoms with Crippen LogP contribution in [0, 0.1) is 0 Å². The van der Waals surface area contributed by atoms with Crippen LogP contribution in [0.3, 0.4) is 0 Å². The van der Waals surface area contributed by atoms with Crippen molar-refractivity contribution in [3.63, 3.8) is 0 Å². The number of halogens is 1. The Morgan fingerprint density at radius 3 is 2.56 bits per heavy atom. The van der Waals surface area contributed by atoms with E-state index in [0.717, 1.165) is 25.4 Å². The second-order valence-corrected chi connectivity index (χ2v) is 5.81. The molecule has 0 amide bonds. The molecule has 0 fully saturated rings. The Morgan fingerprint density at radius 2 is 1.81 bits per heavy atom. The van der Waals surface area contributed by atoms with Gasteiger partial charge in [0, 0.05) is 0 Å². The molecule has 2 aromatic heterocycles. The van der Waals surface area contributed by atoms with Crippen molar-refractivity contribution in [3.8, 4) is 10.6 Å². The van der Waals surface area contributed by atoms with Crippen LogP contribution in [0.2, 0.25) is 0 Å². The van der Waals surface area contributed by atoms with Crippen molar-refractivity contribution in [2.24, 2.45) is 0 Å². The van der Waals surface area contributed by atoms with Crippen molar-refractivity contribution >= 4 is 38.3 Å². The van der Waals surface area contributed by atoms with Gasteiger partial charge in [-0.05, 0) is 40.2 Å². The minimum absolute atomic E-state index is 0.925. The molecule has 0 bridgehead atoms. The molecular weight excluding hydrogens is 284 g/mol. The van der Waals surface area contributed by atoms with Gasteiger partial charge in [-0.1, -0.05) is 12.1 Å². The van der Waals surface area contributed by atoms with Crippen LogP contribution >= 0.6 is 27.3 Å². The molecule has 16 heavy (non-hydrogen) atoms. The summed E-state index contributed by atoms with van der Waals surface area (Å²) in [5, 5.41) is 0. The van der Waals surface area contributed by atoms with Gasteiger partial charge in [-0.3, -0.25) is 4.98 Å². The second kappa shape index (κ2) is 3.96. The molecule has 0 N–H and O–H groups in total. The molecule has 0 atom stereocenters. The normalized spacial score (nSPS) is 10.8. The van der Waals surface area contributed by atoms with Gasteiger partial charge in [-0.2, -0.15) is 0 Å². The van der Waals surface area contributed by atoms with Crippen molar-refractivity contribution in [2.45, 2.75) is 0 Å². The van der Waals surface area contributed by atoms with Crippen LogP contribution in [0.25, 0.3) is 21.6 Å². The van der Waals surface area contributed by atoms with Gasteiger partial charge in [0.1, 0.15) is 0 Å². The van der Waals surface area contributed by atoms with E-state index in [2.05, 4.69) is 25.9 Å². The molecule has 78 valence electrons. The smallest absolute Gasteiger partial charge is 0.0993 e. The summed E-state index contributed by atoms with van der Waals surface area (Å²) in [5.74, 6) is 0. The number of rotatable bonds is 1. The fourth-order valence-electron chi connectivity index (χ4n) is 1.53. The van der Waals surface area contributed by atoms with Gasteiger partial charge >= 0.3 is 0 Å². The van der Waals surface area contributed by atoms with Gasteiger partial charge < -0.3 is 0 Å². The zero-order valence-corrected chi connectivity index (χ0v) is 10.6. The molecule has 0 aliphatic heterocycles. The van der Waals surface area contributed by atoms with Crippen LogP contribution in [-0.4, -0.2) is 9.97 Å². The highest BCUT2D eigenvalue weighted by Gasteiger charge is 2.04. The Hall–Kier alpha value is -1.26. The average molecular weight is 291 g/mol. The maximum atomic E-state index is 4.59. The lowest BCUT2D eigenvalue weighted by molar-refractivity contribution is 1.30. The third kappa shape index (κ3) is 1.74. The van der Waals surface area contributed by atoms with Crippen LogP contribution in [0.5, 0.6) is 0 Å². The molecule has 3 aromatic rings. The molecular formula is C12H7BrN2S. The lowest BCUT2D eigenvalue weighted by atomic mass is 10.3. The Kier molecular flexibility index (Phi) is 2.46. The number of para-hydroxylation sites is 2. The monoisotopic (exact) mass is 290 g/mol. The van der Waals surface area contributed by atoms with Crippen molar-refractivity contribution in [1.29, 1.82) is 0 Å². The highest BCUT2D eigenvalue weighted by molar-refractivity contribution is 9.11. The van der Waals surface area contributed by atoms with Gasteiger partial charge in [0.25, 0.3) is 0 Å². The lowest BCUT2D eigenvalue weighted by Crippen LogP contribution is -1.85. The summed E-state index contributed by atoms with van der Waals surface area (Å²) in [4.78, 5) is 10.1. The summed E-state index contributed by atoms with van der Waals surface area (Å²) in [6.07, 6.45) is 1.82. The third-order valence-corrected chi connectivity index (χ3v) is 3.92. The van der Waals surface area contributed by atoms with E-state index < -0.39 is 0 Å². The maximum absolute atomic E-state index is 4.59. The van der Waals surface area contributed by atoms with E-state index in [9.17, 15) is 0 Å². The molecule has 1 aromatic carbocycles. The Bertz CT molecular complexity index is 648. The summed E-state index contributed by atoms with van der Waals surface area (Å²) < 4.78 is 1.11. The van der Waals surface area contributed by atoms with Crippen LogP contribution in [-0.2, 0) is 0 Å². The SMILES string of the molecule is Brc1ccc(-c2cnc3ccccc3n2)s1. The number of aromatic nitrogens is 2. The first-order valence-electron chi connectivity index (χ1n) is 4.80. The highest BCUT2D eigenvalue weighted by atomic mass is 79.9. The number of benzene rings is 1. The number of hydrogen-bond donors (Lipinski definition) is 0. The molecule has 0 saturated heterocycles. The van der Waals surface area contributed by atoms with E-state index in [0.29, 0.717) is 0 Å². The molecule has 0 saturated carbocycles. The van der Waals surface area contributed by atoms with E-state index in [-0.39, 0.29) is 0 Å². The van der Waals surface area contributed by atoms with Crippen molar-refractivity contribution in [2.75, 3.05) is 0 Å². The first kappa shape index (κ1) is 9.93. The fraction of sp³-hybridized carbons (Fsp3) is 0. The van der Waals surface area contributed by atoms with Crippen molar-refractivity contribution in [1.82, 2.24) is 9.97 Å². The predicted molar refractivity (Wildman–Crippen MR) is 70.6 cm³/mol. The standard InChI is InChI=1S/C12H7BrN2S/c13-12-6-5-11(16-12)10-7-14-8-3-1-2-4-9(8)15-10/h1-7H. The fourth-order valence-corrected chi connectivity index (χ4v) is 2.87. The molecule has 0 spiro atoms. The van der Waals surface area contributed by atoms with Crippen molar-refractivity contribution in [3.05, 3.63) is 46.4 Å². The zero-order chi connectivity index (χ0) is 11.0. The van der Waals surface area contributed by atoms with Gasteiger partial charge in [-0.15, -0.1) is 11.3 Å². The molecule has 2 heterocycles. The molecule has 0 unspecified atom stereocenters. The summed E-state index contributed by atoms with van der Waals surface area (Å²) in [7, 11) is 0. The maximum Gasteiger partial charge on any atom is 0.0993 e. The van der Waals surface area contributed by atoms with E-state index in [1.165, 1.54) is 0 Å². The van der Waals surface area contributed by atoms with Crippen LogP contribution < -0.4 is 0 Å². The molecule has 3 rings (SSSR count). The first-order chi connectivity index (χ1) is 7.83. The van der Waals surface area contributed by atoms with E-state index in [4.69, 9.17) is 0 Å². The molecule has 0 radical (unpaired) electrons. The summed E-state index contributed by atoms with van der Waals surface area (Å²) in [5.41, 5.74) is 2.79. The van der Waals surface area contributed by atoms with Crippen LogP contribution in [0.15, 0.2) is 46.4 Å². The van der Waals surface area contributed by atoms with E-state index in [1.54, 1.807) is 11.3 Å². The largest absolute Gasteiger partial charge is 0.252 e. The molecule has 0 aliphatic rings. The number of nitrogens with zero attached hydrogens (tertiary/aromatic N) is 2. The van der Waals surface area contributed by atoms with Gasteiger partial charge in [0.15, 0.2) is 0 Å². The number of thiophene rings is 1. The minimum Gasteiger partial charge on any atom is -0.252 e. The topological polar surface area (TPSA) is 25.8 Å². The van der Waals surface area contributed by atoms with Crippen LogP contribution in [0.1, 0.15) is 0 Å². The third-order valence-electron chi connectivity index (χ3n) is 2.27. The Balaban J connectivity index is 2.18. The average Bonchev–Trinajstić information content (AvgIpc) is 2.75. The Morgan fingerprint density at radius 1 is 1.00 bits per heavy atom. The van der Waals surface area contributed by atoms with Gasteiger partial charge in [0.2, 0.25) is 0 Å². The highest BCUT2D eigenvalue weighted by Crippen LogP contribution is 2.30. The summed E-state index contributed by atoms with van der Waals surface area (Å²) >= 11 is 5.11. The summed E-state index contributed by atoms with van der Waals surface area (Å²) in [6, 6.07) is 12.0. The van der Waals surface area contributed by atoms with Gasteiger partial charge in [-0.25, -0.2) is 4.98 Å². The van der Waals surface area contributed by atoms with Gasteiger partial charge in [0.05, 0.1) is 31.6 Å².